The average Bonchev–Trinajstić information content (AvgIpc) is 2.70. The Balaban J connectivity index is 1.65. The molecule has 0 radical (unpaired) electrons. The van der Waals surface area contributed by atoms with E-state index in [1.54, 1.807) is 24.3 Å². The molecule has 0 spiro atoms. The molecule has 1 atom stereocenters. The first kappa shape index (κ1) is 19.9. The van der Waals surface area contributed by atoms with Gasteiger partial charge in [0.25, 0.3) is 5.91 Å². The highest BCUT2D eigenvalue weighted by molar-refractivity contribution is 7.90. The largest absolute Gasteiger partial charge is 0.483 e. The molecule has 0 aliphatic heterocycles. The maximum atomic E-state index is 12.4. The number of sulfone groups is 1. The molecular formula is C22H23NO4S. The van der Waals surface area contributed by atoms with E-state index in [1.807, 2.05) is 49.4 Å². The lowest BCUT2D eigenvalue weighted by Crippen LogP contribution is -2.32. The van der Waals surface area contributed by atoms with E-state index in [4.69, 9.17) is 4.74 Å². The molecule has 3 rings (SSSR count). The molecule has 0 saturated carbocycles. The minimum absolute atomic E-state index is 0.0913. The fraction of sp³-hybridized carbons (Fsp3) is 0.227. The van der Waals surface area contributed by atoms with Gasteiger partial charge in [0.2, 0.25) is 0 Å². The van der Waals surface area contributed by atoms with E-state index >= 15 is 0 Å². The third-order valence-electron chi connectivity index (χ3n) is 4.56. The van der Waals surface area contributed by atoms with E-state index in [9.17, 15) is 13.2 Å². The van der Waals surface area contributed by atoms with E-state index in [2.05, 4.69) is 5.32 Å². The van der Waals surface area contributed by atoms with Crippen LogP contribution in [0.15, 0.2) is 71.6 Å². The lowest BCUT2D eigenvalue weighted by Gasteiger charge is -2.18. The first-order valence-corrected chi connectivity index (χ1v) is 11.0. The summed E-state index contributed by atoms with van der Waals surface area (Å²) >= 11 is 0. The molecule has 0 saturated heterocycles. The van der Waals surface area contributed by atoms with Crippen LogP contribution >= 0.6 is 0 Å². The topological polar surface area (TPSA) is 72.5 Å². The maximum absolute atomic E-state index is 12.4. The van der Waals surface area contributed by atoms with Crippen molar-refractivity contribution >= 4 is 26.5 Å². The standard InChI is InChI=1S/C22H23NO4S/c1-3-20(17-11-13-18(14-12-17)28(2,25)26)23-22(24)15-27-21-10-6-8-16-7-4-5-9-19(16)21/h4-14,20H,3,15H2,1-2H3,(H,23,24). The summed E-state index contributed by atoms with van der Waals surface area (Å²) in [5, 5.41) is 4.96. The van der Waals surface area contributed by atoms with Crippen LogP contribution in [0.25, 0.3) is 10.8 Å². The van der Waals surface area contributed by atoms with E-state index in [1.165, 1.54) is 6.26 Å². The van der Waals surface area contributed by atoms with Crippen LogP contribution in [-0.4, -0.2) is 27.2 Å². The molecule has 0 fully saturated rings. The first-order valence-electron chi connectivity index (χ1n) is 9.08. The summed E-state index contributed by atoms with van der Waals surface area (Å²) in [6.45, 7) is 1.87. The fourth-order valence-electron chi connectivity index (χ4n) is 3.07. The molecule has 0 aliphatic rings. The molecule has 0 bridgehead atoms. The van der Waals surface area contributed by atoms with Gasteiger partial charge in [0, 0.05) is 11.6 Å². The smallest absolute Gasteiger partial charge is 0.258 e. The van der Waals surface area contributed by atoms with Gasteiger partial charge in [-0.1, -0.05) is 55.5 Å². The van der Waals surface area contributed by atoms with Crippen LogP contribution in [0.5, 0.6) is 5.75 Å². The zero-order valence-electron chi connectivity index (χ0n) is 15.9. The van der Waals surface area contributed by atoms with Gasteiger partial charge in [0.1, 0.15) is 5.75 Å². The molecule has 146 valence electrons. The van der Waals surface area contributed by atoms with Crippen molar-refractivity contribution in [3.05, 3.63) is 72.3 Å². The van der Waals surface area contributed by atoms with E-state index in [-0.39, 0.29) is 23.5 Å². The summed E-state index contributed by atoms with van der Waals surface area (Å²) < 4.78 is 28.9. The third-order valence-corrected chi connectivity index (χ3v) is 5.69. The lowest BCUT2D eigenvalue weighted by atomic mass is 10.0. The van der Waals surface area contributed by atoms with Gasteiger partial charge < -0.3 is 10.1 Å². The predicted octanol–water partition coefficient (Wildman–Crippen LogP) is 3.89. The Labute approximate surface area is 165 Å². The molecule has 0 aliphatic carbocycles. The summed E-state index contributed by atoms with van der Waals surface area (Å²) in [5.74, 6) is 0.436. The number of benzene rings is 3. The van der Waals surface area contributed by atoms with Crippen molar-refractivity contribution in [3.8, 4) is 5.75 Å². The Morgan fingerprint density at radius 2 is 1.68 bits per heavy atom. The number of nitrogens with one attached hydrogen (secondary N) is 1. The second kappa shape index (κ2) is 8.44. The Kier molecular flexibility index (Phi) is 5.99. The molecule has 1 amide bonds. The molecular weight excluding hydrogens is 374 g/mol. The summed E-state index contributed by atoms with van der Waals surface area (Å²) in [7, 11) is -3.24. The molecule has 3 aromatic rings. The van der Waals surface area contributed by atoms with Crippen LogP contribution in [0.3, 0.4) is 0 Å². The Morgan fingerprint density at radius 3 is 2.36 bits per heavy atom. The van der Waals surface area contributed by atoms with Gasteiger partial charge in [-0.25, -0.2) is 8.42 Å². The zero-order chi connectivity index (χ0) is 20.1. The third kappa shape index (κ3) is 4.70. The SMILES string of the molecule is CCC(NC(=O)COc1cccc2ccccc12)c1ccc(S(C)(=O)=O)cc1. The molecule has 5 nitrogen and oxygen atoms in total. The van der Waals surface area contributed by atoms with Gasteiger partial charge in [-0.3, -0.25) is 4.79 Å². The summed E-state index contributed by atoms with van der Waals surface area (Å²) in [4.78, 5) is 12.7. The van der Waals surface area contributed by atoms with Gasteiger partial charge in [0.05, 0.1) is 10.9 Å². The van der Waals surface area contributed by atoms with Crippen molar-refractivity contribution in [3.63, 3.8) is 0 Å². The van der Waals surface area contributed by atoms with Crippen LogP contribution in [0.1, 0.15) is 24.9 Å². The number of rotatable bonds is 7. The van der Waals surface area contributed by atoms with Crippen molar-refractivity contribution in [2.75, 3.05) is 12.9 Å². The number of amides is 1. The maximum Gasteiger partial charge on any atom is 0.258 e. The summed E-state index contributed by atoms with van der Waals surface area (Å²) in [5.41, 5.74) is 0.855. The lowest BCUT2D eigenvalue weighted by molar-refractivity contribution is -0.123. The fourth-order valence-corrected chi connectivity index (χ4v) is 3.70. The Hall–Kier alpha value is -2.86. The molecule has 0 heterocycles. The number of carbonyl (C=O) groups excluding carboxylic acids is 1. The highest BCUT2D eigenvalue weighted by Gasteiger charge is 2.15. The van der Waals surface area contributed by atoms with Crippen LogP contribution < -0.4 is 10.1 Å². The van der Waals surface area contributed by atoms with Crippen LogP contribution in [0, 0.1) is 0 Å². The molecule has 6 heteroatoms. The highest BCUT2D eigenvalue weighted by Crippen LogP contribution is 2.25. The predicted molar refractivity (Wildman–Crippen MR) is 110 cm³/mol. The van der Waals surface area contributed by atoms with Gasteiger partial charge in [-0.05, 0) is 35.6 Å². The van der Waals surface area contributed by atoms with Gasteiger partial charge in [-0.2, -0.15) is 0 Å². The van der Waals surface area contributed by atoms with Crippen molar-refractivity contribution < 1.29 is 17.9 Å². The normalized spacial score (nSPS) is 12.5. The quantitative estimate of drug-likeness (QED) is 0.656. The molecule has 3 aromatic carbocycles. The zero-order valence-corrected chi connectivity index (χ0v) is 16.7. The number of ether oxygens (including phenoxy) is 1. The number of hydrogen-bond donors (Lipinski definition) is 1. The van der Waals surface area contributed by atoms with Crippen LogP contribution in [0.4, 0.5) is 0 Å². The van der Waals surface area contributed by atoms with Crippen molar-refractivity contribution in [1.29, 1.82) is 0 Å². The van der Waals surface area contributed by atoms with Gasteiger partial charge in [0.15, 0.2) is 16.4 Å². The molecule has 28 heavy (non-hydrogen) atoms. The van der Waals surface area contributed by atoms with Crippen molar-refractivity contribution in [1.82, 2.24) is 5.32 Å². The minimum Gasteiger partial charge on any atom is -0.483 e. The second-order valence-electron chi connectivity index (χ2n) is 6.64. The van der Waals surface area contributed by atoms with Gasteiger partial charge >= 0.3 is 0 Å². The van der Waals surface area contributed by atoms with E-state index in [0.29, 0.717) is 12.2 Å². The van der Waals surface area contributed by atoms with Crippen molar-refractivity contribution in [2.45, 2.75) is 24.3 Å². The van der Waals surface area contributed by atoms with Gasteiger partial charge in [-0.15, -0.1) is 0 Å². The van der Waals surface area contributed by atoms with Crippen LogP contribution in [0.2, 0.25) is 0 Å². The Morgan fingerprint density at radius 1 is 1.00 bits per heavy atom. The monoisotopic (exact) mass is 397 g/mol. The molecule has 0 aromatic heterocycles. The summed E-state index contributed by atoms with van der Waals surface area (Å²) in [6, 6.07) is 20.0. The summed E-state index contributed by atoms with van der Waals surface area (Å²) in [6.07, 6.45) is 1.85. The van der Waals surface area contributed by atoms with E-state index < -0.39 is 9.84 Å². The van der Waals surface area contributed by atoms with E-state index in [0.717, 1.165) is 16.3 Å². The first-order chi connectivity index (χ1) is 13.4. The van der Waals surface area contributed by atoms with Crippen LogP contribution in [-0.2, 0) is 14.6 Å². The molecule has 1 N–H and O–H groups in total. The van der Waals surface area contributed by atoms with Crippen molar-refractivity contribution in [2.24, 2.45) is 0 Å². The number of fused-ring (bicyclic) bond motifs is 1. The number of carbonyl (C=O) groups is 1. The second-order valence-corrected chi connectivity index (χ2v) is 8.65. The average molecular weight is 397 g/mol. The minimum atomic E-state index is -3.24. The molecule has 1 unspecified atom stereocenters. The highest BCUT2D eigenvalue weighted by atomic mass is 32.2. The number of hydrogen-bond acceptors (Lipinski definition) is 4. The Bertz CT molecular complexity index is 1070.